The zero-order valence-electron chi connectivity index (χ0n) is 17.1. The van der Waals surface area contributed by atoms with Gasteiger partial charge in [-0.05, 0) is 38.5 Å². The number of allylic oxidation sites excluding steroid dienone is 2. The maximum atomic E-state index is 10.6. The maximum absolute atomic E-state index is 10.6. The quantitative estimate of drug-likeness (QED) is 0.330. The molecule has 5 heteroatoms. The minimum atomic E-state index is -0.850. The number of methoxy groups -OCH3 is 1. The van der Waals surface area contributed by atoms with Gasteiger partial charge in [0, 0.05) is 25.9 Å². The van der Waals surface area contributed by atoms with Crippen molar-refractivity contribution in [3.05, 3.63) is 24.3 Å². The van der Waals surface area contributed by atoms with Crippen LogP contribution in [0.25, 0.3) is 0 Å². The molecule has 0 unspecified atom stereocenters. The van der Waals surface area contributed by atoms with Gasteiger partial charge >= 0.3 is 5.97 Å². The van der Waals surface area contributed by atoms with Gasteiger partial charge in [0.1, 0.15) is 0 Å². The third-order valence-electron chi connectivity index (χ3n) is 5.49. The van der Waals surface area contributed by atoms with E-state index in [1.54, 1.807) is 7.11 Å². The molecule has 3 N–H and O–H groups in total. The monoisotopic (exact) mass is 382 g/mol. The number of aliphatic hydroxyl groups excluding tert-OH is 1. The molecule has 0 heterocycles. The van der Waals surface area contributed by atoms with Gasteiger partial charge in [-0.25, -0.2) is 0 Å². The third kappa shape index (κ3) is 9.04. The average molecular weight is 383 g/mol. The van der Waals surface area contributed by atoms with E-state index in [-0.39, 0.29) is 24.4 Å². The molecule has 27 heavy (non-hydrogen) atoms. The van der Waals surface area contributed by atoms with Crippen LogP contribution in [0.5, 0.6) is 0 Å². The Hall–Kier alpha value is -1.17. The van der Waals surface area contributed by atoms with E-state index in [9.17, 15) is 15.0 Å². The molecule has 0 aromatic heterocycles. The molecule has 0 spiro atoms. The second-order valence-electron chi connectivity index (χ2n) is 7.98. The van der Waals surface area contributed by atoms with Crippen LogP contribution in [-0.2, 0) is 9.53 Å². The highest BCUT2D eigenvalue weighted by atomic mass is 16.5. The van der Waals surface area contributed by atoms with Crippen molar-refractivity contribution in [1.82, 2.24) is 0 Å². The summed E-state index contributed by atoms with van der Waals surface area (Å²) in [7, 11) is 1.67. The van der Waals surface area contributed by atoms with E-state index in [0.717, 1.165) is 38.5 Å². The van der Waals surface area contributed by atoms with Crippen molar-refractivity contribution in [2.45, 2.75) is 89.4 Å². The topological polar surface area (TPSA) is 87.0 Å². The number of carboxylic acids is 1. The lowest BCUT2D eigenvalue weighted by Crippen LogP contribution is -2.24. The first-order valence-corrected chi connectivity index (χ1v) is 10.3. The summed E-state index contributed by atoms with van der Waals surface area (Å²) in [4.78, 5) is 10.5. The van der Waals surface area contributed by atoms with Crippen LogP contribution in [0.2, 0.25) is 0 Å². The first kappa shape index (κ1) is 23.9. The highest BCUT2D eigenvalue weighted by Gasteiger charge is 2.40. The summed E-state index contributed by atoms with van der Waals surface area (Å²) in [5.74, 6) is -0.655. The summed E-state index contributed by atoms with van der Waals surface area (Å²) in [6.07, 6.45) is 14.3. The van der Waals surface area contributed by atoms with E-state index in [1.165, 1.54) is 0 Å². The summed E-state index contributed by atoms with van der Waals surface area (Å²) in [6.45, 7) is 3.97. The first-order valence-electron chi connectivity index (χ1n) is 10.3. The van der Waals surface area contributed by atoms with Crippen LogP contribution in [0, 0.1) is 11.8 Å². The standard InChI is InChI=1S/C22H38O5/c1-4-5-10-14-22(2,26)15-13-17-18(20(27-3)16-19(17)23)11-8-6-7-9-12-21(24)25/h6,8,13,15,17-20,23,26H,4-5,7,9-12,14,16H2,1-3H3,(H,24,25)/b8-6-,15-13+/t17-,18-,19-,20+,22+/m1/s1. The van der Waals surface area contributed by atoms with Crippen molar-refractivity contribution in [3.8, 4) is 0 Å². The fourth-order valence-corrected chi connectivity index (χ4v) is 3.83. The Morgan fingerprint density at radius 1 is 1.26 bits per heavy atom. The number of rotatable bonds is 13. The number of hydrogen-bond donors (Lipinski definition) is 3. The van der Waals surface area contributed by atoms with Gasteiger partial charge in [-0.15, -0.1) is 0 Å². The lowest BCUT2D eigenvalue weighted by molar-refractivity contribution is -0.137. The highest BCUT2D eigenvalue weighted by molar-refractivity contribution is 5.66. The van der Waals surface area contributed by atoms with Gasteiger partial charge in [-0.1, -0.05) is 50.5 Å². The fourth-order valence-electron chi connectivity index (χ4n) is 3.83. The molecule has 0 radical (unpaired) electrons. The van der Waals surface area contributed by atoms with Crippen molar-refractivity contribution < 1.29 is 24.9 Å². The van der Waals surface area contributed by atoms with Crippen LogP contribution >= 0.6 is 0 Å². The number of ether oxygens (including phenoxy) is 1. The molecule has 0 amide bonds. The van der Waals surface area contributed by atoms with Crippen LogP contribution in [0.3, 0.4) is 0 Å². The molecule has 0 aromatic rings. The molecule has 0 aromatic carbocycles. The summed E-state index contributed by atoms with van der Waals surface area (Å²) in [5.41, 5.74) is -0.850. The number of aliphatic hydroxyl groups is 2. The Bertz CT molecular complexity index is 483. The van der Waals surface area contributed by atoms with Gasteiger partial charge < -0.3 is 20.1 Å². The van der Waals surface area contributed by atoms with E-state index < -0.39 is 17.7 Å². The van der Waals surface area contributed by atoms with Gasteiger partial charge in [0.05, 0.1) is 17.8 Å². The Labute approximate surface area is 164 Å². The number of unbranched alkanes of at least 4 members (excludes halogenated alkanes) is 3. The van der Waals surface area contributed by atoms with Crippen LogP contribution in [0.15, 0.2) is 24.3 Å². The summed E-state index contributed by atoms with van der Waals surface area (Å²) in [5, 5.41) is 29.7. The molecule has 1 saturated carbocycles. The van der Waals surface area contributed by atoms with Crippen LogP contribution < -0.4 is 0 Å². The molecular formula is C22H38O5. The molecule has 5 nitrogen and oxygen atoms in total. The molecule has 5 atom stereocenters. The molecule has 0 bridgehead atoms. The van der Waals surface area contributed by atoms with Crippen molar-refractivity contribution in [1.29, 1.82) is 0 Å². The molecule has 0 aliphatic heterocycles. The van der Waals surface area contributed by atoms with Crippen molar-refractivity contribution in [2.75, 3.05) is 7.11 Å². The SMILES string of the molecule is CCCCC[C@](C)(O)/C=C/[C@@H]1[C@@H](C/C=C\CCCC(=O)O)[C@@H](OC)C[C@H]1O. The molecule has 1 rings (SSSR count). The second-order valence-corrected chi connectivity index (χ2v) is 7.98. The average Bonchev–Trinajstić information content (AvgIpc) is 2.91. The minimum Gasteiger partial charge on any atom is -0.481 e. The molecule has 1 aliphatic carbocycles. The van der Waals surface area contributed by atoms with E-state index in [4.69, 9.17) is 9.84 Å². The lowest BCUT2D eigenvalue weighted by Gasteiger charge is -2.24. The molecule has 0 saturated heterocycles. The van der Waals surface area contributed by atoms with Crippen molar-refractivity contribution >= 4 is 5.97 Å². The maximum Gasteiger partial charge on any atom is 0.303 e. The lowest BCUT2D eigenvalue weighted by atomic mass is 9.87. The molecule has 1 fully saturated rings. The fraction of sp³-hybridized carbons (Fsp3) is 0.773. The zero-order chi connectivity index (χ0) is 20.3. The Kier molecular flexibility index (Phi) is 10.9. The van der Waals surface area contributed by atoms with E-state index in [2.05, 4.69) is 13.0 Å². The van der Waals surface area contributed by atoms with Gasteiger partial charge in [-0.2, -0.15) is 0 Å². The predicted octanol–water partition coefficient (Wildman–Crippen LogP) is 4.09. The van der Waals surface area contributed by atoms with E-state index >= 15 is 0 Å². The van der Waals surface area contributed by atoms with Crippen molar-refractivity contribution in [2.24, 2.45) is 11.8 Å². The number of hydrogen-bond acceptors (Lipinski definition) is 4. The first-order chi connectivity index (χ1) is 12.8. The zero-order valence-corrected chi connectivity index (χ0v) is 17.1. The van der Waals surface area contributed by atoms with Gasteiger partial charge in [-0.3, -0.25) is 4.79 Å². The Morgan fingerprint density at radius 3 is 2.63 bits per heavy atom. The number of carbonyl (C=O) groups is 1. The Morgan fingerprint density at radius 2 is 2.00 bits per heavy atom. The molecule has 1 aliphatic rings. The van der Waals surface area contributed by atoms with Crippen molar-refractivity contribution in [3.63, 3.8) is 0 Å². The predicted molar refractivity (Wildman–Crippen MR) is 108 cm³/mol. The normalized spacial score (nSPS) is 28.2. The van der Waals surface area contributed by atoms with Gasteiger partial charge in [0.25, 0.3) is 0 Å². The number of aliphatic carboxylic acids is 1. The van der Waals surface area contributed by atoms with E-state index in [0.29, 0.717) is 12.8 Å². The van der Waals surface area contributed by atoms with Crippen LogP contribution in [-0.4, -0.2) is 46.2 Å². The van der Waals surface area contributed by atoms with Gasteiger partial charge in [0.2, 0.25) is 0 Å². The van der Waals surface area contributed by atoms with Gasteiger partial charge in [0.15, 0.2) is 0 Å². The summed E-state index contributed by atoms with van der Waals surface area (Å²) in [6, 6.07) is 0. The van der Waals surface area contributed by atoms with Crippen LogP contribution in [0.1, 0.15) is 71.6 Å². The van der Waals surface area contributed by atoms with Crippen LogP contribution in [0.4, 0.5) is 0 Å². The largest absolute Gasteiger partial charge is 0.481 e. The molecule has 156 valence electrons. The molecular weight excluding hydrogens is 344 g/mol. The second kappa shape index (κ2) is 12.3. The third-order valence-corrected chi connectivity index (χ3v) is 5.49. The summed E-state index contributed by atoms with van der Waals surface area (Å²) < 4.78 is 5.58. The Balaban J connectivity index is 2.64. The summed E-state index contributed by atoms with van der Waals surface area (Å²) >= 11 is 0. The number of carboxylic acid groups (broad SMARTS) is 1. The smallest absolute Gasteiger partial charge is 0.303 e. The minimum absolute atomic E-state index is 0.0108. The highest BCUT2D eigenvalue weighted by Crippen LogP contribution is 2.38. The van der Waals surface area contributed by atoms with E-state index in [1.807, 2.05) is 25.2 Å².